The van der Waals surface area contributed by atoms with Crippen molar-refractivity contribution in [2.75, 3.05) is 0 Å². The molecule has 166 valence electrons. The first-order valence-corrected chi connectivity index (χ1v) is 12.3. The molecule has 4 aromatic rings. The van der Waals surface area contributed by atoms with Crippen molar-refractivity contribution in [3.8, 4) is 11.5 Å². The summed E-state index contributed by atoms with van der Waals surface area (Å²) >= 11 is 1.74. The molecular weight excluding hydrogens is 428 g/mol. The minimum absolute atomic E-state index is 0.0493. The molecule has 5 heteroatoms. The number of amides is 1. The van der Waals surface area contributed by atoms with E-state index >= 15 is 0 Å². The van der Waals surface area contributed by atoms with Crippen molar-refractivity contribution in [2.45, 2.75) is 42.9 Å². The number of aromatic nitrogens is 1. The Morgan fingerprint density at radius 3 is 2.61 bits per heavy atom. The van der Waals surface area contributed by atoms with Gasteiger partial charge in [-0.2, -0.15) is 0 Å². The minimum atomic E-state index is -0.0493. The number of benzene rings is 3. The van der Waals surface area contributed by atoms with Crippen LogP contribution in [0.3, 0.4) is 0 Å². The molecule has 0 aliphatic heterocycles. The summed E-state index contributed by atoms with van der Waals surface area (Å²) < 4.78 is 5.93. The Morgan fingerprint density at radius 1 is 1.03 bits per heavy atom. The van der Waals surface area contributed by atoms with Gasteiger partial charge < -0.3 is 9.73 Å². The van der Waals surface area contributed by atoms with Crippen LogP contribution in [0.15, 0.2) is 88.2 Å². The van der Waals surface area contributed by atoms with Crippen LogP contribution in [-0.2, 0) is 12.2 Å². The lowest BCUT2D eigenvalue weighted by molar-refractivity contribution is 0.0932. The van der Waals surface area contributed by atoms with E-state index in [4.69, 9.17) is 9.40 Å². The molecule has 0 fully saturated rings. The van der Waals surface area contributed by atoms with Gasteiger partial charge in [0.25, 0.3) is 5.91 Å². The first kappa shape index (κ1) is 21.5. The summed E-state index contributed by atoms with van der Waals surface area (Å²) in [5, 5.41) is 3.22. The molecule has 0 saturated carbocycles. The highest BCUT2D eigenvalue weighted by Gasteiger charge is 2.22. The maximum Gasteiger partial charge on any atom is 0.251 e. The second-order valence-corrected chi connectivity index (χ2v) is 9.37. The Labute approximate surface area is 198 Å². The molecule has 0 bridgehead atoms. The Kier molecular flexibility index (Phi) is 6.31. The molecule has 1 atom stereocenters. The van der Waals surface area contributed by atoms with Gasteiger partial charge >= 0.3 is 0 Å². The maximum atomic E-state index is 12.9. The summed E-state index contributed by atoms with van der Waals surface area (Å²) in [5.74, 6) is 2.12. The van der Waals surface area contributed by atoms with E-state index in [0.717, 1.165) is 42.0 Å². The fourth-order valence-corrected chi connectivity index (χ4v) is 5.18. The average molecular weight is 455 g/mol. The van der Waals surface area contributed by atoms with E-state index in [-0.39, 0.29) is 11.9 Å². The quantitative estimate of drug-likeness (QED) is 0.327. The summed E-state index contributed by atoms with van der Waals surface area (Å²) in [6, 6.07) is 26.2. The SMILES string of the molecule is Cc1oc(-c2ccc(C(=O)N[C@H]3CCCc4ccccc43)cc2)nc1CSc1ccccc1. The third kappa shape index (κ3) is 4.88. The van der Waals surface area contributed by atoms with Crippen molar-refractivity contribution in [3.05, 3.63) is 107 Å². The molecule has 1 aromatic heterocycles. The second kappa shape index (κ2) is 9.67. The number of carbonyl (C=O) groups is 1. The molecule has 1 aliphatic rings. The molecule has 1 amide bonds. The van der Waals surface area contributed by atoms with Crippen LogP contribution in [-0.4, -0.2) is 10.9 Å². The van der Waals surface area contributed by atoms with Crippen LogP contribution >= 0.6 is 11.8 Å². The molecule has 0 spiro atoms. The van der Waals surface area contributed by atoms with Gasteiger partial charge in [-0.05, 0) is 73.7 Å². The van der Waals surface area contributed by atoms with Crippen molar-refractivity contribution in [2.24, 2.45) is 0 Å². The number of hydrogen-bond acceptors (Lipinski definition) is 4. The number of fused-ring (bicyclic) bond motifs is 1. The topological polar surface area (TPSA) is 55.1 Å². The zero-order valence-electron chi connectivity index (χ0n) is 18.6. The smallest absolute Gasteiger partial charge is 0.251 e. The van der Waals surface area contributed by atoms with E-state index in [1.54, 1.807) is 11.8 Å². The van der Waals surface area contributed by atoms with E-state index < -0.39 is 0 Å². The Balaban J connectivity index is 1.26. The van der Waals surface area contributed by atoms with Crippen LogP contribution in [0.4, 0.5) is 0 Å². The first-order chi connectivity index (χ1) is 16.2. The van der Waals surface area contributed by atoms with Crippen molar-refractivity contribution in [3.63, 3.8) is 0 Å². The molecule has 0 unspecified atom stereocenters. The van der Waals surface area contributed by atoms with E-state index in [0.29, 0.717) is 11.5 Å². The lowest BCUT2D eigenvalue weighted by Crippen LogP contribution is -2.30. The number of rotatable bonds is 6. The summed E-state index contributed by atoms with van der Waals surface area (Å²) in [5.41, 5.74) is 5.03. The fourth-order valence-electron chi connectivity index (χ4n) is 4.26. The second-order valence-electron chi connectivity index (χ2n) is 8.32. The third-order valence-corrected chi connectivity index (χ3v) is 7.10. The van der Waals surface area contributed by atoms with Crippen molar-refractivity contribution in [1.82, 2.24) is 10.3 Å². The molecule has 5 rings (SSSR count). The van der Waals surface area contributed by atoms with Crippen LogP contribution in [0, 0.1) is 6.92 Å². The predicted molar refractivity (Wildman–Crippen MR) is 132 cm³/mol. The number of nitrogens with zero attached hydrogens (tertiary/aromatic N) is 1. The number of aryl methyl sites for hydroxylation is 2. The summed E-state index contributed by atoms with van der Waals surface area (Å²) in [6.07, 6.45) is 3.15. The van der Waals surface area contributed by atoms with E-state index in [1.165, 1.54) is 16.0 Å². The van der Waals surface area contributed by atoms with Crippen LogP contribution in [0.2, 0.25) is 0 Å². The molecule has 0 radical (unpaired) electrons. The zero-order chi connectivity index (χ0) is 22.6. The maximum absolute atomic E-state index is 12.9. The number of oxazole rings is 1. The van der Waals surface area contributed by atoms with Gasteiger partial charge in [0.2, 0.25) is 5.89 Å². The molecule has 3 aromatic carbocycles. The Bertz CT molecular complexity index is 1250. The van der Waals surface area contributed by atoms with Gasteiger partial charge in [-0.1, -0.05) is 42.5 Å². The van der Waals surface area contributed by atoms with E-state index in [1.807, 2.05) is 55.5 Å². The first-order valence-electron chi connectivity index (χ1n) is 11.3. The zero-order valence-corrected chi connectivity index (χ0v) is 19.4. The third-order valence-electron chi connectivity index (χ3n) is 6.08. The fraction of sp³-hybridized carbons (Fsp3) is 0.214. The van der Waals surface area contributed by atoms with Crippen molar-refractivity contribution >= 4 is 17.7 Å². The lowest BCUT2D eigenvalue weighted by Gasteiger charge is -2.26. The number of hydrogen-bond donors (Lipinski definition) is 1. The molecule has 1 heterocycles. The molecule has 1 N–H and O–H groups in total. The Morgan fingerprint density at radius 2 is 1.79 bits per heavy atom. The number of carbonyl (C=O) groups excluding carboxylic acids is 1. The predicted octanol–water partition coefficient (Wildman–Crippen LogP) is 6.75. The van der Waals surface area contributed by atoms with Crippen LogP contribution in [0.1, 0.15) is 51.8 Å². The standard InChI is InChI=1S/C28H26N2O2S/c1-19-26(18-33-23-10-3-2-4-11-23)30-28(32-19)22-16-14-21(15-17-22)27(31)29-25-13-7-9-20-8-5-6-12-24(20)25/h2-6,8,10-12,14-17,25H,7,9,13,18H2,1H3,(H,29,31)/t25-/m0/s1. The van der Waals surface area contributed by atoms with Crippen LogP contribution in [0.5, 0.6) is 0 Å². The normalized spacial score (nSPS) is 15.1. The lowest BCUT2D eigenvalue weighted by atomic mass is 9.87. The van der Waals surface area contributed by atoms with Crippen molar-refractivity contribution in [1.29, 1.82) is 0 Å². The van der Waals surface area contributed by atoms with E-state index in [9.17, 15) is 4.79 Å². The van der Waals surface area contributed by atoms with Crippen LogP contribution in [0.25, 0.3) is 11.5 Å². The van der Waals surface area contributed by atoms with Gasteiger partial charge in [0.05, 0.1) is 11.7 Å². The monoisotopic (exact) mass is 454 g/mol. The summed E-state index contributed by atoms with van der Waals surface area (Å²) in [6.45, 7) is 1.95. The molecule has 0 saturated heterocycles. The van der Waals surface area contributed by atoms with Gasteiger partial charge in [0.1, 0.15) is 5.76 Å². The highest BCUT2D eigenvalue weighted by atomic mass is 32.2. The number of nitrogens with one attached hydrogen (secondary N) is 1. The van der Waals surface area contributed by atoms with Gasteiger partial charge in [-0.25, -0.2) is 4.98 Å². The molecular formula is C28H26N2O2S. The summed E-state index contributed by atoms with van der Waals surface area (Å²) in [4.78, 5) is 18.8. The van der Waals surface area contributed by atoms with Gasteiger partial charge in [-0.3, -0.25) is 4.79 Å². The van der Waals surface area contributed by atoms with Crippen molar-refractivity contribution < 1.29 is 9.21 Å². The highest BCUT2D eigenvalue weighted by Crippen LogP contribution is 2.30. The van der Waals surface area contributed by atoms with E-state index in [2.05, 4.69) is 35.6 Å². The average Bonchev–Trinajstić information content (AvgIpc) is 3.24. The minimum Gasteiger partial charge on any atom is -0.441 e. The highest BCUT2D eigenvalue weighted by molar-refractivity contribution is 7.98. The summed E-state index contributed by atoms with van der Waals surface area (Å²) in [7, 11) is 0. The van der Waals surface area contributed by atoms with Crippen LogP contribution < -0.4 is 5.32 Å². The number of thioether (sulfide) groups is 1. The van der Waals surface area contributed by atoms with Gasteiger partial charge in [0, 0.05) is 21.8 Å². The van der Waals surface area contributed by atoms with Gasteiger partial charge in [-0.15, -0.1) is 11.8 Å². The van der Waals surface area contributed by atoms with Gasteiger partial charge in [0.15, 0.2) is 0 Å². The molecule has 1 aliphatic carbocycles. The largest absolute Gasteiger partial charge is 0.441 e. The Hall–Kier alpha value is -3.31. The molecule has 33 heavy (non-hydrogen) atoms. The molecule has 4 nitrogen and oxygen atoms in total.